The van der Waals surface area contributed by atoms with Gasteiger partial charge >= 0.3 is 5.76 Å². The summed E-state index contributed by atoms with van der Waals surface area (Å²) in [5.74, 6) is -0.599. The van der Waals surface area contributed by atoms with Gasteiger partial charge in [-0.25, -0.2) is 9.48 Å². The summed E-state index contributed by atoms with van der Waals surface area (Å²) >= 11 is 0. The molecule has 29 heavy (non-hydrogen) atoms. The first-order chi connectivity index (χ1) is 13.9. The molecule has 0 aliphatic carbocycles. The molecule has 3 heterocycles. The maximum Gasteiger partial charge on any atom is 0.419 e. The first-order valence-electron chi connectivity index (χ1n) is 9.47. The third kappa shape index (κ3) is 2.77. The van der Waals surface area contributed by atoms with Crippen LogP contribution < -0.4 is 11.1 Å². The van der Waals surface area contributed by atoms with E-state index in [2.05, 4.69) is 16.5 Å². The van der Waals surface area contributed by atoms with Gasteiger partial charge in [-0.3, -0.25) is 9.36 Å². The zero-order valence-electron chi connectivity index (χ0n) is 16.4. The molecule has 1 aliphatic rings. The Bertz CT molecular complexity index is 1340. The van der Waals surface area contributed by atoms with E-state index in [1.54, 1.807) is 13.1 Å². The number of hydrogen-bond donors (Lipinski definition) is 1. The average molecular weight is 388 g/mol. The topological polar surface area (TPSA) is 82.1 Å². The van der Waals surface area contributed by atoms with Gasteiger partial charge < -0.3 is 9.73 Å². The molecule has 0 fully saturated rings. The Morgan fingerprint density at radius 3 is 2.72 bits per heavy atom. The van der Waals surface area contributed by atoms with Crippen LogP contribution in [0, 0.1) is 13.8 Å². The van der Waals surface area contributed by atoms with E-state index in [4.69, 9.17) is 4.42 Å². The Morgan fingerprint density at radius 1 is 1.14 bits per heavy atom. The van der Waals surface area contributed by atoms with E-state index in [0.717, 1.165) is 28.2 Å². The molecule has 146 valence electrons. The fraction of sp³-hybridized carbons (Fsp3) is 0.227. The minimum atomic E-state index is -0.420. The molecule has 1 unspecified atom stereocenters. The second-order valence-electron chi connectivity index (χ2n) is 7.57. The van der Waals surface area contributed by atoms with Gasteiger partial charge in [0.05, 0.1) is 16.9 Å². The Labute approximate surface area is 166 Å². The second-order valence-corrected chi connectivity index (χ2v) is 7.57. The normalized spacial score (nSPS) is 16.1. The summed E-state index contributed by atoms with van der Waals surface area (Å²) in [5, 5.41) is 7.48. The van der Waals surface area contributed by atoms with Crippen molar-refractivity contribution < 1.29 is 9.21 Å². The monoisotopic (exact) mass is 388 g/mol. The quantitative estimate of drug-likeness (QED) is 0.571. The molecule has 0 bridgehead atoms. The van der Waals surface area contributed by atoms with Crippen molar-refractivity contribution in [2.24, 2.45) is 7.05 Å². The zero-order valence-corrected chi connectivity index (χ0v) is 16.4. The highest BCUT2D eigenvalue weighted by Gasteiger charge is 2.28. The highest BCUT2D eigenvalue weighted by atomic mass is 16.4. The summed E-state index contributed by atoms with van der Waals surface area (Å²) in [6.07, 6.45) is 0.338. The molecule has 0 saturated carbocycles. The molecular formula is C22H20N4O3. The molecule has 1 amide bonds. The maximum atomic E-state index is 12.4. The third-order valence-corrected chi connectivity index (χ3v) is 5.53. The lowest BCUT2D eigenvalue weighted by Crippen LogP contribution is -2.23. The molecule has 0 saturated heterocycles. The molecule has 1 aliphatic heterocycles. The van der Waals surface area contributed by atoms with Gasteiger partial charge in [-0.05, 0) is 49.2 Å². The van der Waals surface area contributed by atoms with Crippen LogP contribution in [-0.2, 0) is 11.8 Å². The Balaban J connectivity index is 1.67. The number of carbonyl (C=O) groups excluding carboxylic acids is 1. The highest BCUT2D eigenvalue weighted by Crippen LogP contribution is 2.39. The summed E-state index contributed by atoms with van der Waals surface area (Å²) in [6, 6.07) is 13.8. The number of fused-ring (bicyclic) bond motifs is 2. The first-order valence-corrected chi connectivity index (χ1v) is 9.47. The van der Waals surface area contributed by atoms with Gasteiger partial charge in [-0.15, -0.1) is 0 Å². The molecule has 2 aromatic heterocycles. The summed E-state index contributed by atoms with van der Waals surface area (Å²) in [7, 11) is 1.68. The van der Waals surface area contributed by atoms with Crippen molar-refractivity contribution in [3.8, 4) is 5.69 Å². The van der Waals surface area contributed by atoms with Gasteiger partial charge in [-0.2, -0.15) is 5.10 Å². The first kappa shape index (κ1) is 17.5. The van der Waals surface area contributed by atoms with Crippen LogP contribution in [0.2, 0.25) is 0 Å². The minimum Gasteiger partial charge on any atom is -0.408 e. The summed E-state index contributed by atoms with van der Waals surface area (Å²) < 4.78 is 8.67. The van der Waals surface area contributed by atoms with Crippen molar-refractivity contribution in [1.29, 1.82) is 0 Å². The van der Waals surface area contributed by atoms with Crippen LogP contribution in [0.1, 0.15) is 34.9 Å². The molecule has 4 aromatic rings. The number of benzene rings is 2. The number of carbonyl (C=O) groups is 1. The van der Waals surface area contributed by atoms with Crippen LogP contribution in [0.3, 0.4) is 0 Å². The number of nitrogens with zero attached hydrogens (tertiary/aromatic N) is 3. The van der Waals surface area contributed by atoms with Crippen LogP contribution in [0.4, 0.5) is 5.69 Å². The summed E-state index contributed by atoms with van der Waals surface area (Å²) in [4.78, 5) is 24.3. The fourth-order valence-corrected chi connectivity index (χ4v) is 4.14. The third-order valence-electron chi connectivity index (χ3n) is 5.53. The predicted molar refractivity (Wildman–Crippen MR) is 110 cm³/mol. The summed E-state index contributed by atoms with van der Waals surface area (Å²) in [5.41, 5.74) is 6.83. The molecular weight excluding hydrogens is 368 g/mol. The molecule has 1 N–H and O–H groups in total. The van der Waals surface area contributed by atoms with E-state index in [9.17, 15) is 9.59 Å². The smallest absolute Gasteiger partial charge is 0.408 e. The lowest BCUT2D eigenvalue weighted by Gasteiger charge is -2.26. The van der Waals surface area contributed by atoms with Crippen molar-refractivity contribution >= 4 is 22.7 Å². The number of oxazole rings is 1. The number of amides is 1. The van der Waals surface area contributed by atoms with Gasteiger partial charge in [0.25, 0.3) is 0 Å². The SMILES string of the molecule is Cc1cc(C)n(-c2cccc(C3CC(=O)Nc4cc5oc(=O)n(C)c5cc43)c2)n1. The number of rotatable bonds is 2. The molecule has 0 radical (unpaired) electrons. The van der Waals surface area contributed by atoms with Crippen LogP contribution in [0.25, 0.3) is 16.8 Å². The molecule has 0 spiro atoms. The van der Waals surface area contributed by atoms with E-state index in [-0.39, 0.29) is 11.8 Å². The molecule has 7 heteroatoms. The molecule has 5 rings (SSSR count). The lowest BCUT2D eigenvalue weighted by molar-refractivity contribution is -0.116. The molecule has 2 aromatic carbocycles. The molecule has 1 atom stereocenters. The van der Waals surface area contributed by atoms with Gasteiger partial charge in [0.15, 0.2) is 5.58 Å². The maximum absolute atomic E-state index is 12.4. The van der Waals surface area contributed by atoms with Crippen LogP contribution in [-0.4, -0.2) is 20.3 Å². The summed E-state index contributed by atoms with van der Waals surface area (Å²) in [6.45, 7) is 3.99. The second kappa shape index (κ2) is 6.20. The van der Waals surface area contributed by atoms with E-state index in [1.165, 1.54) is 4.57 Å². The number of anilines is 1. The van der Waals surface area contributed by atoms with E-state index < -0.39 is 5.76 Å². The van der Waals surface area contributed by atoms with Gasteiger partial charge in [0.2, 0.25) is 5.91 Å². The standard InChI is InChI=1S/C22H20N4O3/c1-12-7-13(2)26(24-12)15-6-4-5-14(8-15)16-10-21(27)23-18-11-20-19(9-17(16)18)25(3)22(28)29-20/h4-9,11,16H,10H2,1-3H3,(H,23,27). The van der Waals surface area contributed by atoms with Gasteiger partial charge in [0.1, 0.15) is 0 Å². The lowest BCUT2D eigenvalue weighted by atomic mass is 9.84. The Hall–Kier alpha value is -3.61. The number of aryl methyl sites for hydroxylation is 3. The minimum absolute atomic E-state index is 0.0587. The van der Waals surface area contributed by atoms with Crippen molar-refractivity contribution in [1.82, 2.24) is 14.3 Å². The van der Waals surface area contributed by atoms with Crippen LogP contribution in [0.5, 0.6) is 0 Å². The zero-order chi connectivity index (χ0) is 20.3. The van der Waals surface area contributed by atoms with Gasteiger partial charge in [0, 0.05) is 36.8 Å². The molecule has 7 nitrogen and oxygen atoms in total. The fourth-order valence-electron chi connectivity index (χ4n) is 4.14. The van der Waals surface area contributed by atoms with Crippen molar-refractivity contribution in [2.45, 2.75) is 26.2 Å². The van der Waals surface area contributed by atoms with E-state index in [0.29, 0.717) is 23.2 Å². The Morgan fingerprint density at radius 2 is 1.97 bits per heavy atom. The van der Waals surface area contributed by atoms with E-state index >= 15 is 0 Å². The van der Waals surface area contributed by atoms with Gasteiger partial charge in [-0.1, -0.05) is 12.1 Å². The van der Waals surface area contributed by atoms with E-state index in [1.807, 2.05) is 48.9 Å². The highest BCUT2D eigenvalue weighted by molar-refractivity contribution is 5.98. The largest absolute Gasteiger partial charge is 0.419 e. The van der Waals surface area contributed by atoms with Crippen molar-refractivity contribution in [3.63, 3.8) is 0 Å². The number of aromatic nitrogens is 3. The number of nitrogens with one attached hydrogen (secondary N) is 1. The Kier molecular flexibility index (Phi) is 3.74. The van der Waals surface area contributed by atoms with Crippen molar-refractivity contribution in [3.05, 3.63) is 75.5 Å². The van der Waals surface area contributed by atoms with Crippen LogP contribution >= 0.6 is 0 Å². The number of hydrogen-bond acceptors (Lipinski definition) is 4. The van der Waals surface area contributed by atoms with Crippen molar-refractivity contribution in [2.75, 3.05) is 5.32 Å². The van der Waals surface area contributed by atoms with Crippen LogP contribution in [0.15, 0.2) is 51.7 Å². The predicted octanol–water partition coefficient (Wildman–Crippen LogP) is 3.41. The average Bonchev–Trinajstić information content (AvgIpc) is 3.17.